The summed E-state index contributed by atoms with van der Waals surface area (Å²) >= 11 is 0. The summed E-state index contributed by atoms with van der Waals surface area (Å²) in [5, 5.41) is 0. The van der Waals surface area contributed by atoms with E-state index in [0.717, 1.165) is 5.56 Å². The molecule has 0 saturated heterocycles. The number of Topliss-reactive ketones (excluding diaryl/α,β-unsaturated/α-hetero) is 1. The van der Waals surface area contributed by atoms with E-state index in [-0.39, 0.29) is 11.2 Å². The van der Waals surface area contributed by atoms with Crippen molar-refractivity contribution in [3.05, 3.63) is 35.4 Å². The van der Waals surface area contributed by atoms with Gasteiger partial charge in [-0.25, -0.2) is 0 Å². The smallest absolute Gasteiger partial charge is 0.159 e. The van der Waals surface area contributed by atoms with Crippen LogP contribution in [-0.2, 0) is 5.41 Å². The van der Waals surface area contributed by atoms with Gasteiger partial charge in [-0.1, -0.05) is 24.3 Å². The molecule has 0 radical (unpaired) electrons. The molecule has 1 aliphatic rings. The highest BCUT2D eigenvalue weighted by atomic mass is 16.1. The summed E-state index contributed by atoms with van der Waals surface area (Å²) in [6.07, 6.45) is 2.37. The van der Waals surface area contributed by atoms with Crippen molar-refractivity contribution in [1.29, 1.82) is 0 Å². The maximum atomic E-state index is 11.1. The molecule has 74 valence electrons. The van der Waals surface area contributed by atoms with Crippen molar-refractivity contribution in [1.82, 2.24) is 0 Å². The number of benzene rings is 1. The van der Waals surface area contributed by atoms with E-state index < -0.39 is 0 Å². The van der Waals surface area contributed by atoms with Gasteiger partial charge in [0.25, 0.3) is 0 Å². The Kier molecular flexibility index (Phi) is 2.16. The van der Waals surface area contributed by atoms with E-state index in [0.29, 0.717) is 6.54 Å². The topological polar surface area (TPSA) is 43.1 Å². The van der Waals surface area contributed by atoms with Crippen molar-refractivity contribution >= 4 is 5.78 Å². The van der Waals surface area contributed by atoms with Crippen LogP contribution in [0.25, 0.3) is 0 Å². The minimum absolute atomic E-state index is 0.120. The third kappa shape index (κ3) is 1.46. The molecule has 2 rings (SSSR count). The molecule has 1 aliphatic carbocycles. The fourth-order valence-electron chi connectivity index (χ4n) is 1.82. The monoisotopic (exact) mass is 189 g/mol. The van der Waals surface area contributed by atoms with Gasteiger partial charge in [0.1, 0.15) is 0 Å². The predicted molar refractivity (Wildman–Crippen MR) is 56.4 cm³/mol. The van der Waals surface area contributed by atoms with Gasteiger partial charge in [-0.3, -0.25) is 4.79 Å². The Hall–Kier alpha value is -1.15. The number of carbonyl (C=O) groups is 1. The Balaban J connectivity index is 2.26. The Bertz CT molecular complexity index is 349. The van der Waals surface area contributed by atoms with Gasteiger partial charge in [-0.2, -0.15) is 0 Å². The van der Waals surface area contributed by atoms with E-state index in [9.17, 15) is 4.79 Å². The molecule has 1 aromatic carbocycles. The number of ketones is 1. The van der Waals surface area contributed by atoms with Crippen LogP contribution in [0, 0.1) is 0 Å². The summed E-state index contributed by atoms with van der Waals surface area (Å²) < 4.78 is 0. The van der Waals surface area contributed by atoms with Crippen LogP contribution in [-0.4, -0.2) is 12.3 Å². The summed E-state index contributed by atoms with van der Waals surface area (Å²) in [5.74, 6) is 0.120. The molecule has 2 heteroatoms. The first kappa shape index (κ1) is 9.41. The van der Waals surface area contributed by atoms with Crippen LogP contribution < -0.4 is 5.73 Å². The van der Waals surface area contributed by atoms with Crippen LogP contribution >= 0.6 is 0 Å². The number of rotatable bonds is 3. The van der Waals surface area contributed by atoms with Crippen molar-refractivity contribution in [2.75, 3.05) is 6.54 Å². The number of nitrogens with two attached hydrogens (primary N) is 1. The lowest BCUT2D eigenvalue weighted by molar-refractivity contribution is 0.101. The molecular formula is C12H15NO. The second-order valence-corrected chi connectivity index (χ2v) is 4.12. The zero-order valence-corrected chi connectivity index (χ0v) is 8.42. The molecule has 0 aliphatic heterocycles. The van der Waals surface area contributed by atoms with Gasteiger partial charge >= 0.3 is 0 Å². The van der Waals surface area contributed by atoms with E-state index in [1.165, 1.54) is 18.4 Å². The maximum absolute atomic E-state index is 11.1. The highest BCUT2D eigenvalue weighted by Crippen LogP contribution is 2.47. The van der Waals surface area contributed by atoms with E-state index in [1.54, 1.807) is 6.92 Å². The lowest BCUT2D eigenvalue weighted by Crippen LogP contribution is -2.19. The lowest BCUT2D eigenvalue weighted by Gasteiger charge is -2.12. The van der Waals surface area contributed by atoms with Crippen LogP contribution in [0.4, 0.5) is 0 Å². The van der Waals surface area contributed by atoms with E-state index in [1.807, 2.05) is 24.3 Å². The minimum atomic E-state index is 0.120. The standard InChI is InChI=1S/C12H15NO/c1-9(14)10-2-4-11(5-3-10)12(8-13)6-7-12/h2-5H,6-8,13H2,1H3. The lowest BCUT2D eigenvalue weighted by atomic mass is 9.95. The second kappa shape index (κ2) is 3.21. The number of hydrogen-bond acceptors (Lipinski definition) is 2. The Morgan fingerprint density at radius 1 is 1.36 bits per heavy atom. The van der Waals surface area contributed by atoms with Gasteiger partial charge in [-0.05, 0) is 25.3 Å². The van der Waals surface area contributed by atoms with Gasteiger partial charge in [0.15, 0.2) is 5.78 Å². The molecule has 1 aromatic rings. The quantitative estimate of drug-likeness (QED) is 0.738. The van der Waals surface area contributed by atoms with Gasteiger partial charge in [0.2, 0.25) is 0 Å². The normalized spacial score (nSPS) is 17.9. The van der Waals surface area contributed by atoms with Gasteiger partial charge in [-0.15, -0.1) is 0 Å². The minimum Gasteiger partial charge on any atom is -0.330 e. The van der Waals surface area contributed by atoms with Gasteiger partial charge in [0.05, 0.1) is 0 Å². The van der Waals surface area contributed by atoms with Crippen molar-refractivity contribution in [2.24, 2.45) is 5.73 Å². The molecule has 0 spiro atoms. The van der Waals surface area contributed by atoms with Crippen LogP contribution in [0.5, 0.6) is 0 Å². The van der Waals surface area contributed by atoms with E-state index in [4.69, 9.17) is 5.73 Å². The molecule has 0 amide bonds. The van der Waals surface area contributed by atoms with E-state index in [2.05, 4.69) is 0 Å². The van der Waals surface area contributed by atoms with Crippen molar-refractivity contribution in [2.45, 2.75) is 25.2 Å². The molecule has 2 nitrogen and oxygen atoms in total. The van der Waals surface area contributed by atoms with Crippen LogP contribution in [0.2, 0.25) is 0 Å². The van der Waals surface area contributed by atoms with Crippen LogP contribution in [0.15, 0.2) is 24.3 Å². The third-order valence-electron chi connectivity index (χ3n) is 3.15. The predicted octanol–water partition coefficient (Wildman–Crippen LogP) is 1.88. The Morgan fingerprint density at radius 2 is 1.93 bits per heavy atom. The first-order chi connectivity index (χ1) is 6.68. The van der Waals surface area contributed by atoms with Gasteiger partial charge in [0, 0.05) is 17.5 Å². The fourth-order valence-corrected chi connectivity index (χ4v) is 1.82. The first-order valence-electron chi connectivity index (χ1n) is 4.99. The molecule has 0 aromatic heterocycles. The molecule has 0 heterocycles. The van der Waals surface area contributed by atoms with Gasteiger partial charge < -0.3 is 5.73 Å². The zero-order valence-electron chi connectivity index (χ0n) is 8.42. The van der Waals surface area contributed by atoms with E-state index >= 15 is 0 Å². The molecular weight excluding hydrogens is 174 g/mol. The second-order valence-electron chi connectivity index (χ2n) is 4.12. The summed E-state index contributed by atoms with van der Waals surface area (Å²) in [6, 6.07) is 7.87. The molecule has 1 saturated carbocycles. The van der Waals surface area contributed by atoms with Crippen LogP contribution in [0.1, 0.15) is 35.7 Å². The molecule has 14 heavy (non-hydrogen) atoms. The fraction of sp³-hybridized carbons (Fsp3) is 0.417. The zero-order chi connectivity index (χ0) is 10.2. The number of hydrogen-bond donors (Lipinski definition) is 1. The SMILES string of the molecule is CC(=O)c1ccc(C2(CN)CC2)cc1. The Morgan fingerprint density at radius 3 is 2.29 bits per heavy atom. The van der Waals surface area contributed by atoms with Crippen molar-refractivity contribution in [3.63, 3.8) is 0 Å². The molecule has 0 bridgehead atoms. The van der Waals surface area contributed by atoms with Crippen molar-refractivity contribution in [3.8, 4) is 0 Å². The largest absolute Gasteiger partial charge is 0.330 e. The van der Waals surface area contributed by atoms with Crippen molar-refractivity contribution < 1.29 is 4.79 Å². The maximum Gasteiger partial charge on any atom is 0.159 e. The third-order valence-corrected chi connectivity index (χ3v) is 3.15. The van der Waals surface area contributed by atoms with Crippen LogP contribution in [0.3, 0.4) is 0 Å². The highest BCUT2D eigenvalue weighted by Gasteiger charge is 2.42. The Labute approximate surface area is 84.1 Å². The summed E-state index contributed by atoms with van der Waals surface area (Å²) in [7, 11) is 0. The first-order valence-corrected chi connectivity index (χ1v) is 4.99. The molecule has 0 unspecified atom stereocenters. The molecule has 2 N–H and O–H groups in total. The molecule has 0 atom stereocenters. The average Bonchev–Trinajstić information content (AvgIpc) is 2.99. The number of carbonyl (C=O) groups excluding carboxylic acids is 1. The summed E-state index contributed by atoms with van der Waals surface area (Å²) in [6.45, 7) is 2.30. The summed E-state index contributed by atoms with van der Waals surface area (Å²) in [4.78, 5) is 11.1. The summed E-state index contributed by atoms with van der Waals surface area (Å²) in [5.41, 5.74) is 8.02. The molecule has 1 fully saturated rings. The average molecular weight is 189 g/mol. The highest BCUT2D eigenvalue weighted by molar-refractivity contribution is 5.94.